The van der Waals surface area contributed by atoms with E-state index in [2.05, 4.69) is 17.1 Å². The van der Waals surface area contributed by atoms with Gasteiger partial charge in [0, 0.05) is 26.7 Å². The van der Waals surface area contributed by atoms with E-state index < -0.39 is 0 Å². The molecule has 0 aliphatic rings. The summed E-state index contributed by atoms with van der Waals surface area (Å²) in [6, 6.07) is 15.3. The van der Waals surface area contributed by atoms with Crippen LogP contribution in [-0.2, 0) is 0 Å². The number of nitrogens with two attached hydrogens (primary N) is 1. The molecule has 5 heteroatoms. The van der Waals surface area contributed by atoms with Gasteiger partial charge in [-0.1, -0.05) is 47.0 Å². The Hall–Kier alpha value is -2.54. The molecule has 124 valence electrons. The van der Waals surface area contributed by atoms with Crippen LogP contribution in [0.15, 0.2) is 42.5 Å². The minimum atomic E-state index is 0.182. The molecule has 0 saturated carbocycles. The fourth-order valence-electron chi connectivity index (χ4n) is 2.75. The number of aromatic nitrogens is 1. The van der Waals surface area contributed by atoms with Crippen molar-refractivity contribution in [2.45, 2.75) is 13.8 Å². The molecular weight excluding hydrogens is 353 g/mol. The number of hydrogen-bond acceptors (Lipinski definition) is 3. The Morgan fingerprint density at radius 2 is 1.72 bits per heavy atom. The summed E-state index contributed by atoms with van der Waals surface area (Å²) in [7, 11) is 0. The number of aryl methyl sites for hydroxylation is 2. The number of benzene rings is 2. The summed E-state index contributed by atoms with van der Waals surface area (Å²) in [5.74, 6) is 0.182. The van der Waals surface area contributed by atoms with Crippen LogP contribution in [0.3, 0.4) is 0 Å². The zero-order valence-corrected chi connectivity index (χ0v) is 15.3. The van der Waals surface area contributed by atoms with Gasteiger partial charge in [-0.05, 0) is 43.7 Å². The standard InChI is InChI=1S/C20H15Cl2N3/c1-11-3-4-12(2)15(7-11)19-9-16(17(10-23)20(24)25-19)14-6-5-13(21)8-18(14)22/h3-9H,1-2H3,(H2,24,25). The number of halogens is 2. The van der Waals surface area contributed by atoms with Crippen molar-refractivity contribution in [2.24, 2.45) is 0 Å². The second kappa shape index (κ2) is 6.76. The van der Waals surface area contributed by atoms with Crippen LogP contribution in [0.25, 0.3) is 22.4 Å². The minimum absolute atomic E-state index is 0.182. The van der Waals surface area contributed by atoms with Crippen molar-refractivity contribution in [3.05, 3.63) is 69.2 Å². The lowest BCUT2D eigenvalue weighted by Crippen LogP contribution is -2.01. The molecule has 0 atom stereocenters. The maximum Gasteiger partial charge on any atom is 0.142 e. The number of rotatable bonds is 2. The first kappa shape index (κ1) is 17.3. The lowest BCUT2D eigenvalue weighted by atomic mass is 9.96. The first-order valence-corrected chi connectivity index (χ1v) is 8.40. The lowest BCUT2D eigenvalue weighted by molar-refractivity contribution is 1.28. The molecule has 0 fully saturated rings. The first-order valence-electron chi connectivity index (χ1n) is 7.64. The normalized spacial score (nSPS) is 10.5. The monoisotopic (exact) mass is 367 g/mol. The van der Waals surface area contributed by atoms with Crippen molar-refractivity contribution in [3.63, 3.8) is 0 Å². The summed E-state index contributed by atoms with van der Waals surface area (Å²) in [5.41, 5.74) is 11.6. The molecule has 0 spiro atoms. The van der Waals surface area contributed by atoms with E-state index in [0.29, 0.717) is 32.4 Å². The van der Waals surface area contributed by atoms with Gasteiger partial charge in [0.05, 0.1) is 5.69 Å². The Kier molecular flexibility index (Phi) is 4.67. The molecule has 25 heavy (non-hydrogen) atoms. The van der Waals surface area contributed by atoms with Crippen molar-refractivity contribution in [1.82, 2.24) is 4.98 Å². The largest absolute Gasteiger partial charge is 0.383 e. The summed E-state index contributed by atoms with van der Waals surface area (Å²) in [6.45, 7) is 4.03. The van der Waals surface area contributed by atoms with Crippen molar-refractivity contribution >= 4 is 29.0 Å². The third kappa shape index (κ3) is 3.32. The zero-order valence-electron chi connectivity index (χ0n) is 13.8. The van der Waals surface area contributed by atoms with Gasteiger partial charge in [-0.2, -0.15) is 5.26 Å². The Labute approximate surface area is 156 Å². The van der Waals surface area contributed by atoms with Gasteiger partial charge in [-0.25, -0.2) is 4.98 Å². The summed E-state index contributed by atoms with van der Waals surface area (Å²) in [4.78, 5) is 4.44. The molecule has 1 heterocycles. The first-order chi connectivity index (χ1) is 11.9. The van der Waals surface area contributed by atoms with Crippen LogP contribution >= 0.6 is 23.2 Å². The van der Waals surface area contributed by atoms with Gasteiger partial charge in [0.2, 0.25) is 0 Å². The van der Waals surface area contributed by atoms with Crippen molar-refractivity contribution in [2.75, 3.05) is 5.73 Å². The third-order valence-electron chi connectivity index (χ3n) is 4.05. The van der Waals surface area contributed by atoms with Crippen LogP contribution in [-0.4, -0.2) is 4.98 Å². The summed E-state index contributed by atoms with van der Waals surface area (Å²) in [5, 5.41) is 10.5. The number of nitrogens with zero attached hydrogens (tertiary/aromatic N) is 2. The van der Waals surface area contributed by atoms with Crippen LogP contribution in [0.1, 0.15) is 16.7 Å². The van der Waals surface area contributed by atoms with Gasteiger partial charge < -0.3 is 5.73 Å². The Morgan fingerprint density at radius 1 is 0.960 bits per heavy atom. The number of nitrogen functional groups attached to an aromatic ring is 1. The van der Waals surface area contributed by atoms with E-state index in [1.54, 1.807) is 18.2 Å². The summed E-state index contributed by atoms with van der Waals surface area (Å²) >= 11 is 12.3. The van der Waals surface area contributed by atoms with Gasteiger partial charge >= 0.3 is 0 Å². The van der Waals surface area contributed by atoms with Crippen LogP contribution < -0.4 is 5.73 Å². The molecule has 0 radical (unpaired) electrons. The van der Waals surface area contributed by atoms with Crippen LogP contribution in [0.4, 0.5) is 5.82 Å². The zero-order chi connectivity index (χ0) is 18.1. The van der Waals surface area contributed by atoms with E-state index in [1.807, 2.05) is 32.0 Å². The molecule has 3 nitrogen and oxygen atoms in total. The van der Waals surface area contributed by atoms with Gasteiger partial charge in [0.1, 0.15) is 17.5 Å². The number of nitriles is 1. The van der Waals surface area contributed by atoms with Gasteiger partial charge in [0.25, 0.3) is 0 Å². The molecule has 1 aromatic heterocycles. The molecule has 2 N–H and O–H groups in total. The van der Waals surface area contributed by atoms with Crippen molar-refractivity contribution in [1.29, 1.82) is 5.26 Å². The average molecular weight is 368 g/mol. The molecular formula is C20H15Cl2N3. The van der Waals surface area contributed by atoms with E-state index in [4.69, 9.17) is 28.9 Å². The Balaban J connectivity index is 2.30. The average Bonchev–Trinajstić information content (AvgIpc) is 2.56. The smallest absolute Gasteiger partial charge is 0.142 e. The number of hydrogen-bond donors (Lipinski definition) is 1. The fraction of sp³-hybridized carbons (Fsp3) is 0.100. The SMILES string of the molecule is Cc1ccc(C)c(-c2cc(-c3ccc(Cl)cc3Cl)c(C#N)c(N)n2)c1. The lowest BCUT2D eigenvalue weighted by Gasteiger charge is -2.13. The van der Waals surface area contributed by atoms with Crippen LogP contribution in [0.2, 0.25) is 10.0 Å². The highest BCUT2D eigenvalue weighted by molar-refractivity contribution is 6.36. The van der Waals surface area contributed by atoms with E-state index in [0.717, 1.165) is 16.7 Å². The quantitative estimate of drug-likeness (QED) is 0.622. The second-order valence-electron chi connectivity index (χ2n) is 5.87. The highest BCUT2D eigenvalue weighted by atomic mass is 35.5. The predicted octanol–water partition coefficient (Wildman–Crippen LogP) is 5.79. The third-order valence-corrected chi connectivity index (χ3v) is 4.60. The van der Waals surface area contributed by atoms with E-state index in [-0.39, 0.29) is 5.82 Å². The van der Waals surface area contributed by atoms with Crippen molar-refractivity contribution < 1.29 is 0 Å². The predicted molar refractivity (Wildman–Crippen MR) is 104 cm³/mol. The van der Waals surface area contributed by atoms with Gasteiger partial charge in [-0.3, -0.25) is 0 Å². The topological polar surface area (TPSA) is 62.7 Å². The van der Waals surface area contributed by atoms with Crippen LogP contribution in [0.5, 0.6) is 0 Å². The molecule has 0 bridgehead atoms. The molecule has 2 aromatic carbocycles. The molecule has 0 aliphatic carbocycles. The molecule has 0 saturated heterocycles. The highest BCUT2D eigenvalue weighted by Gasteiger charge is 2.16. The molecule has 3 aromatic rings. The Morgan fingerprint density at radius 3 is 2.40 bits per heavy atom. The van der Waals surface area contributed by atoms with Crippen LogP contribution in [0, 0.1) is 25.2 Å². The molecule has 0 amide bonds. The number of anilines is 1. The Bertz CT molecular complexity index is 1020. The highest BCUT2D eigenvalue weighted by Crippen LogP contribution is 2.36. The molecule has 0 aliphatic heterocycles. The van der Waals surface area contributed by atoms with E-state index >= 15 is 0 Å². The number of pyridine rings is 1. The van der Waals surface area contributed by atoms with Gasteiger partial charge in [0.15, 0.2) is 0 Å². The summed E-state index contributed by atoms with van der Waals surface area (Å²) in [6.07, 6.45) is 0. The molecule has 3 rings (SSSR count). The fourth-order valence-corrected chi connectivity index (χ4v) is 3.26. The maximum absolute atomic E-state index is 9.53. The molecule has 0 unspecified atom stereocenters. The summed E-state index contributed by atoms with van der Waals surface area (Å²) < 4.78 is 0. The van der Waals surface area contributed by atoms with Crippen molar-refractivity contribution in [3.8, 4) is 28.5 Å². The van der Waals surface area contributed by atoms with E-state index in [9.17, 15) is 5.26 Å². The second-order valence-corrected chi connectivity index (χ2v) is 6.71. The maximum atomic E-state index is 9.53. The minimum Gasteiger partial charge on any atom is -0.383 e. The van der Waals surface area contributed by atoms with E-state index in [1.165, 1.54) is 0 Å². The van der Waals surface area contributed by atoms with Gasteiger partial charge in [-0.15, -0.1) is 0 Å².